The molecule has 0 aliphatic heterocycles. The Bertz CT molecular complexity index is 512. The quantitative estimate of drug-likeness (QED) is 0.751. The van der Waals surface area contributed by atoms with Gasteiger partial charge < -0.3 is 0 Å². The van der Waals surface area contributed by atoms with Crippen LogP contribution >= 0.6 is 0 Å². The van der Waals surface area contributed by atoms with E-state index in [1.807, 2.05) is 49.4 Å². The monoisotopic (exact) mass is 226 g/mol. The van der Waals surface area contributed by atoms with Crippen molar-refractivity contribution in [3.05, 3.63) is 54.4 Å². The molecule has 0 unspecified atom stereocenters. The van der Waals surface area contributed by atoms with Gasteiger partial charge in [-0.2, -0.15) is 5.10 Å². The van der Waals surface area contributed by atoms with Crippen LogP contribution in [0.5, 0.6) is 0 Å². The van der Waals surface area contributed by atoms with Crippen LogP contribution in [0.15, 0.2) is 48.8 Å². The van der Waals surface area contributed by atoms with E-state index in [0.29, 0.717) is 12.1 Å². The molecule has 0 saturated carbocycles. The van der Waals surface area contributed by atoms with E-state index in [2.05, 4.69) is 5.10 Å². The molecule has 0 bridgehead atoms. The number of hydrogen-bond acceptors (Lipinski definition) is 2. The molecule has 0 radical (unpaired) electrons. The summed E-state index contributed by atoms with van der Waals surface area (Å²) in [5, 5.41) is 4.11. The van der Waals surface area contributed by atoms with Crippen LogP contribution in [0.2, 0.25) is 0 Å². The predicted molar refractivity (Wildman–Crippen MR) is 68.1 cm³/mol. The molecule has 0 spiro atoms. The fourth-order valence-corrected chi connectivity index (χ4v) is 1.57. The van der Waals surface area contributed by atoms with E-state index in [-0.39, 0.29) is 5.78 Å². The maximum absolute atomic E-state index is 11.9. The second-order valence-corrected chi connectivity index (χ2v) is 3.67. The summed E-state index contributed by atoms with van der Waals surface area (Å²) in [5.41, 5.74) is 1.60. The highest BCUT2D eigenvalue weighted by Gasteiger charge is 2.09. The van der Waals surface area contributed by atoms with Crippen LogP contribution in [0.4, 0.5) is 0 Å². The van der Waals surface area contributed by atoms with E-state index < -0.39 is 0 Å². The van der Waals surface area contributed by atoms with Crippen molar-refractivity contribution in [3.8, 4) is 0 Å². The molecule has 0 saturated heterocycles. The van der Waals surface area contributed by atoms with Gasteiger partial charge in [-0.1, -0.05) is 37.3 Å². The molecule has 0 atom stereocenters. The fraction of sp³-hybridized carbons (Fsp3) is 0.143. The van der Waals surface area contributed by atoms with Crippen molar-refractivity contribution in [1.82, 2.24) is 9.78 Å². The van der Waals surface area contributed by atoms with E-state index in [1.165, 1.54) is 0 Å². The van der Waals surface area contributed by atoms with Gasteiger partial charge in [-0.25, -0.2) is 4.68 Å². The molecule has 2 rings (SSSR count). The first-order valence-electron chi connectivity index (χ1n) is 5.61. The van der Waals surface area contributed by atoms with E-state index in [9.17, 15) is 4.79 Å². The Kier molecular flexibility index (Phi) is 3.50. The first-order chi connectivity index (χ1) is 8.31. The second-order valence-electron chi connectivity index (χ2n) is 3.67. The molecule has 86 valence electrons. The normalized spacial score (nSPS) is 11.5. The number of rotatable bonds is 4. The summed E-state index contributed by atoms with van der Waals surface area (Å²) in [6, 6.07) is 11.6. The Morgan fingerprint density at radius 1 is 1.29 bits per heavy atom. The van der Waals surface area contributed by atoms with Crippen LogP contribution in [0.3, 0.4) is 0 Å². The van der Waals surface area contributed by atoms with Gasteiger partial charge in [0.05, 0.1) is 0 Å². The highest BCUT2D eigenvalue weighted by atomic mass is 16.1. The van der Waals surface area contributed by atoms with Gasteiger partial charge in [0, 0.05) is 18.8 Å². The number of ketones is 1. The minimum Gasteiger partial charge on any atom is -0.292 e. The lowest BCUT2D eigenvalue weighted by molar-refractivity contribution is -0.113. The summed E-state index contributed by atoms with van der Waals surface area (Å²) in [4.78, 5) is 11.9. The molecule has 3 nitrogen and oxygen atoms in total. The van der Waals surface area contributed by atoms with Crippen LogP contribution in [-0.2, 0) is 4.79 Å². The summed E-state index contributed by atoms with van der Waals surface area (Å²) in [5.74, 6) is 0.0811. The second kappa shape index (κ2) is 5.25. The summed E-state index contributed by atoms with van der Waals surface area (Å²) in [6.07, 6.45) is 5.78. The molecule has 17 heavy (non-hydrogen) atoms. The molecular weight excluding hydrogens is 212 g/mol. The molecule has 0 fully saturated rings. The van der Waals surface area contributed by atoms with Crippen LogP contribution < -0.4 is 0 Å². The Morgan fingerprint density at radius 2 is 2.06 bits per heavy atom. The molecule has 3 heteroatoms. The zero-order chi connectivity index (χ0) is 12.1. The molecule has 0 amide bonds. The smallest absolute Gasteiger partial charge is 0.180 e. The average Bonchev–Trinajstić information content (AvgIpc) is 2.90. The number of Topliss-reactive ketones (excluding diaryl/α,β-unsaturated/α-hetero) is 1. The van der Waals surface area contributed by atoms with Crippen molar-refractivity contribution in [2.45, 2.75) is 13.3 Å². The van der Waals surface area contributed by atoms with Crippen LogP contribution in [0, 0.1) is 0 Å². The topological polar surface area (TPSA) is 34.9 Å². The van der Waals surface area contributed by atoms with Crippen molar-refractivity contribution < 1.29 is 4.79 Å². The number of benzene rings is 1. The summed E-state index contributed by atoms with van der Waals surface area (Å²) in [6.45, 7) is 1.85. The Hall–Kier alpha value is -2.16. The highest BCUT2D eigenvalue weighted by molar-refractivity contribution is 6.19. The Morgan fingerprint density at radius 3 is 2.65 bits per heavy atom. The largest absolute Gasteiger partial charge is 0.292 e. The SMILES string of the molecule is CCC(=O)/C(=C/c1ccccc1)n1cccn1. The maximum Gasteiger partial charge on any atom is 0.180 e. The van der Waals surface area contributed by atoms with Gasteiger partial charge >= 0.3 is 0 Å². The van der Waals surface area contributed by atoms with Gasteiger partial charge in [-0.05, 0) is 17.7 Å². The van der Waals surface area contributed by atoms with E-state index in [4.69, 9.17) is 0 Å². The highest BCUT2D eigenvalue weighted by Crippen LogP contribution is 2.13. The molecule has 1 aromatic heterocycles. The lowest BCUT2D eigenvalue weighted by Crippen LogP contribution is -2.08. The fourth-order valence-electron chi connectivity index (χ4n) is 1.57. The predicted octanol–water partition coefficient (Wildman–Crippen LogP) is 2.86. The summed E-state index contributed by atoms with van der Waals surface area (Å²) < 4.78 is 1.61. The molecule has 0 aliphatic carbocycles. The zero-order valence-corrected chi connectivity index (χ0v) is 9.71. The summed E-state index contributed by atoms with van der Waals surface area (Å²) >= 11 is 0. The van der Waals surface area contributed by atoms with Crippen molar-refractivity contribution in [2.75, 3.05) is 0 Å². The molecule has 1 aromatic carbocycles. The van der Waals surface area contributed by atoms with Crippen molar-refractivity contribution in [3.63, 3.8) is 0 Å². The molecule has 0 aliphatic rings. The third kappa shape index (κ3) is 2.69. The Labute approximate surface area is 100 Å². The minimum absolute atomic E-state index is 0.0811. The molecule has 1 heterocycles. The Balaban J connectivity index is 2.41. The number of carbonyl (C=O) groups excluding carboxylic acids is 1. The lowest BCUT2D eigenvalue weighted by atomic mass is 10.1. The van der Waals surface area contributed by atoms with Crippen LogP contribution in [0.1, 0.15) is 18.9 Å². The van der Waals surface area contributed by atoms with Gasteiger partial charge in [-0.15, -0.1) is 0 Å². The standard InChI is InChI=1S/C14H14N2O/c1-2-14(17)13(16-10-6-9-15-16)11-12-7-4-3-5-8-12/h3-11H,2H2,1H3/b13-11-. The van der Waals surface area contributed by atoms with Gasteiger partial charge in [-0.3, -0.25) is 4.79 Å². The first-order valence-corrected chi connectivity index (χ1v) is 5.61. The van der Waals surface area contributed by atoms with E-state index in [0.717, 1.165) is 5.56 Å². The van der Waals surface area contributed by atoms with Gasteiger partial charge in [0.15, 0.2) is 5.78 Å². The molecular formula is C14H14N2O. The number of allylic oxidation sites excluding steroid dienone is 1. The minimum atomic E-state index is 0.0811. The summed E-state index contributed by atoms with van der Waals surface area (Å²) in [7, 11) is 0. The average molecular weight is 226 g/mol. The third-order valence-electron chi connectivity index (χ3n) is 2.46. The third-order valence-corrected chi connectivity index (χ3v) is 2.46. The van der Waals surface area contributed by atoms with Gasteiger partial charge in [0.1, 0.15) is 5.70 Å². The van der Waals surface area contributed by atoms with Gasteiger partial charge in [0.2, 0.25) is 0 Å². The number of hydrogen-bond donors (Lipinski definition) is 0. The van der Waals surface area contributed by atoms with Crippen molar-refractivity contribution in [1.29, 1.82) is 0 Å². The first kappa shape index (κ1) is 11.3. The van der Waals surface area contributed by atoms with Crippen molar-refractivity contribution in [2.24, 2.45) is 0 Å². The lowest BCUT2D eigenvalue weighted by Gasteiger charge is -2.05. The maximum atomic E-state index is 11.9. The van der Waals surface area contributed by atoms with Crippen LogP contribution in [-0.4, -0.2) is 15.6 Å². The van der Waals surface area contributed by atoms with E-state index in [1.54, 1.807) is 17.1 Å². The zero-order valence-electron chi connectivity index (χ0n) is 9.71. The van der Waals surface area contributed by atoms with Crippen LogP contribution in [0.25, 0.3) is 11.8 Å². The number of nitrogens with zero attached hydrogens (tertiary/aromatic N) is 2. The number of carbonyl (C=O) groups is 1. The number of aromatic nitrogens is 2. The van der Waals surface area contributed by atoms with E-state index >= 15 is 0 Å². The van der Waals surface area contributed by atoms with Gasteiger partial charge in [0.25, 0.3) is 0 Å². The van der Waals surface area contributed by atoms with Crippen molar-refractivity contribution >= 4 is 17.6 Å². The molecule has 2 aromatic rings. The molecule has 0 N–H and O–H groups in total.